The van der Waals surface area contributed by atoms with E-state index in [1.165, 1.54) is 18.2 Å². The molecule has 0 aliphatic carbocycles. The van der Waals surface area contributed by atoms with Crippen LogP contribution in [0.3, 0.4) is 0 Å². The lowest BCUT2D eigenvalue weighted by Crippen LogP contribution is -2.40. The molecule has 0 bridgehead atoms. The molecule has 1 aromatic rings. The van der Waals surface area contributed by atoms with Crippen LogP contribution in [-0.4, -0.2) is 30.3 Å². The summed E-state index contributed by atoms with van der Waals surface area (Å²) in [6.45, 7) is -0.0714. The molecule has 1 atom stereocenters. The molecule has 0 aliphatic rings. The van der Waals surface area contributed by atoms with Gasteiger partial charge in [-0.05, 0) is 24.5 Å². The minimum Gasteiger partial charge on any atom is -0.405 e. The number of hydrogen-bond acceptors (Lipinski definition) is 4. The standard InChI is InChI=1S/C13H17F3N2O2S.ClH/c1-21-7-6-10(17)12(19)18-8-9-4-2-3-5-11(9)20-13(14,15)16;/h2-5,10H,6-8,17H2,1H3,(H,18,19);1H/t10-;/m0./s1. The molecule has 9 heteroatoms. The van der Waals surface area contributed by atoms with E-state index in [-0.39, 0.29) is 30.3 Å². The number of nitrogens with two attached hydrogens (primary N) is 1. The molecule has 1 amide bonds. The summed E-state index contributed by atoms with van der Waals surface area (Å²) in [5.41, 5.74) is 5.91. The predicted molar refractivity (Wildman–Crippen MR) is 83.2 cm³/mol. The summed E-state index contributed by atoms with van der Waals surface area (Å²) in [5, 5.41) is 2.51. The van der Waals surface area contributed by atoms with Gasteiger partial charge in [0.2, 0.25) is 5.91 Å². The van der Waals surface area contributed by atoms with Gasteiger partial charge in [-0.2, -0.15) is 11.8 Å². The van der Waals surface area contributed by atoms with E-state index in [1.54, 1.807) is 17.8 Å². The highest BCUT2D eigenvalue weighted by Crippen LogP contribution is 2.26. The van der Waals surface area contributed by atoms with Crippen LogP contribution in [-0.2, 0) is 11.3 Å². The van der Waals surface area contributed by atoms with Crippen LogP contribution >= 0.6 is 24.2 Å². The van der Waals surface area contributed by atoms with Crippen LogP contribution < -0.4 is 15.8 Å². The summed E-state index contributed by atoms with van der Waals surface area (Å²) in [5.74, 6) is 0.0105. The molecular weight excluding hydrogens is 341 g/mol. The number of para-hydroxylation sites is 1. The summed E-state index contributed by atoms with van der Waals surface area (Å²) < 4.78 is 40.7. The van der Waals surface area contributed by atoms with Gasteiger partial charge in [0.1, 0.15) is 5.75 Å². The number of thioether (sulfide) groups is 1. The van der Waals surface area contributed by atoms with Gasteiger partial charge in [0.25, 0.3) is 0 Å². The first kappa shape index (κ1) is 20.9. The number of ether oxygens (including phenoxy) is 1. The Kier molecular flexibility index (Phi) is 9.31. The molecule has 3 N–H and O–H groups in total. The zero-order valence-corrected chi connectivity index (χ0v) is 13.5. The fraction of sp³-hybridized carbons (Fsp3) is 0.462. The molecule has 126 valence electrons. The third-order valence-electron chi connectivity index (χ3n) is 2.62. The average Bonchev–Trinajstić information content (AvgIpc) is 2.41. The maximum Gasteiger partial charge on any atom is 0.573 e. The molecule has 0 unspecified atom stereocenters. The number of amides is 1. The van der Waals surface area contributed by atoms with Crippen molar-refractivity contribution >= 4 is 30.1 Å². The van der Waals surface area contributed by atoms with E-state index < -0.39 is 18.3 Å². The molecule has 1 aromatic carbocycles. The van der Waals surface area contributed by atoms with Gasteiger partial charge < -0.3 is 15.8 Å². The molecule has 0 aromatic heterocycles. The van der Waals surface area contributed by atoms with E-state index in [0.717, 1.165) is 5.75 Å². The Morgan fingerprint density at radius 2 is 2.05 bits per heavy atom. The van der Waals surface area contributed by atoms with E-state index in [4.69, 9.17) is 5.73 Å². The molecule has 0 radical (unpaired) electrons. The normalized spacial score (nSPS) is 12.2. The van der Waals surface area contributed by atoms with Crippen molar-refractivity contribution in [3.63, 3.8) is 0 Å². The lowest BCUT2D eigenvalue weighted by Gasteiger charge is -2.15. The molecule has 22 heavy (non-hydrogen) atoms. The Morgan fingerprint density at radius 1 is 1.41 bits per heavy atom. The first-order valence-corrected chi connectivity index (χ1v) is 7.58. The number of carbonyl (C=O) groups excluding carboxylic acids is 1. The minimum absolute atomic E-state index is 0. The fourth-order valence-corrected chi connectivity index (χ4v) is 2.05. The van der Waals surface area contributed by atoms with Crippen molar-refractivity contribution in [3.8, 4) is 5.75 Å². The number of rotatable bonds is 7. The second-order valence-electron chi connectivity index (χ2n) is 4.26. The first-order chi connectivity index (χ1) is 9.83. The maximum absolute atomic E-state index is 12.3. The van der Waals surface area contributed by atoms with Crippen LogP contribution in [0.4, 0.5) is 13.2 Å². The topological polar surface area (TPSA) is 64.4 Å². The highest BCUT2D eigenvalue weighted by molar-refractivity contribution is 7.98. The van der Waals surface area contributed by atoms with Crippen LogP contribution in [0.25, 0.3) is 0 Å². The second-order valence-corrected chi connectivity index (χ2v) is 5.25. The summed E-state index contributed by atoms with van der Waals surface area (Å²) in [6, 6.07) is 4.97. The monoisotopic (exact) mass is 358 g/mol. The fourth-order valence-electron chi connectivity index (χ4n) is 1.56. The average molecular weight is 359 g/mol. The summed E-state index contributed by atoms with van der Waals surface area (Å²) in [6.07, 6.45) is -2.36. The molecule has 1 rings (SSSR count). The molecule has 0 aliphatic heterocycles. The van der Waals surface area contributed by atoms with Crippen LogP contribution in [0.1, 0.15) is 12.0 Å². The van der Waals surface area contributed by atoms with Gasteiger partial charge in [0, 0.05) is 12.1 Å². The minimum atomic E-state index is -4.77. The Hall–Kier alpha value is -1.12. The number of nitrogens with one attached hydrogen (secondary N) is 1. The summed E-state index contributed by atoms with van der Waals surface area (Å²) in [7, 11) is 0. The third kappa shape index (κ3) is 7.77. The Balaban J connectivity index is 0.00000441. The maximum atomic E-state index is 12.3. The van der Waals surface area contributed by atoms with E-state index in [9.17, 15) is 18.0 Å². The zero-order valence-electron chi connectivity index (χ0n) is 11.9. The van der Waals surface area contributed by atoms with Gasteiger partial charge in [-0.25, -0.2) is 0 Å². The second kappa shape index (κ2) is 9.81. The highest BCUT2D eigenvalue weighted by atomic mass is 35.5. The lowest BCUT2D eigenvalue weighted by molar-refractivity contribution is -0.274. The quantitative estimate of drug-likeness (QED) is 0.786. The number of hydrogen-bond donors (Lipinski definition) is 2. The smallest absolute Gasteiger partial charge is 0.405 e. The van der Waals surface area contributed by atoms with E-state index in [2.05, 4.69) is 10.1 Å². The molecule has 0 saturated heterocycles. The van der Waals surface area contributed by atoms with Gasteiger partial charge in [-0.15, -0.1) is 25.6 Å². The molecule has 0 spiro atoms. The Bertz CT molecular complexity index is 475. The van der Waals surface area contributed by atoms with Gasteiger partial charge >= 0.3 is 6.36 Å². The molecule has 0 heterocycles. The Labute approximate surface area is 137 Å². The van der Waals surface area contributed by atoms with Crippen LogP contribution in [0.2, 0.25) is 0 Å². The Morgan fingerprint density at radius 3 is 2.64 bits per heavy atom. The number of carbonyl (C=O) groups is 1. The van der Waals surface area contributed by atoms with Crippen LogP contribution in [0.15, 0.2) is 24.3 Å². The number of halogens is 4. The lowest BCUT2D eigenvalue weighted by atomic mass is 10.2. The van der Waals surface area contributed by atoms with Crippen molar-refractivity contribution in [2.24, 2.45) is 5.73 Å². The van der Waals surface area contributed by atoms with Crippen LogP contribution in [0, 0.1) is 0 Å². The van der Waals surface area contributed by atoms with Crippen molar-refractivity contribution in [2.75, 3.05) is 12.0 Å². The number of benzene rings is 1. The van der Waals surface area contributed by atoms with Crippen molar-refractivity contribution < 1.29 is 22.7 Å². The van der Waals surface area contributed by atoms with E-state index in [0.29, 0.717) is 6.42 Å². The molecule has 0 saturated carbocycles. The van der Waals surface area contributed by atoms with Gasteiger partial charge in [0.15, 0.2) is 0 Å². The van der Waals surface area contributed by atoms with Gasteiger partial charge in [-0.1, -0.05) is 18.2 Å². The SMILES string of the molecule is CSCC[C@H](N)C(=O)NCc1ccccc1OC(F)(F)F.Cl. The van der Waals surface area contributed by atoms with Gasteiger partial charge in [-0.3, -0.25) is 4.79 Å². The first-order valence-electron chi connectivity index (χ1n) is 6.19. The predicted octanol–water partition coefficient (Wildman–Crippen LogP) is 2.70. The number of alkyl halides is 3. The molecule has 0 fully saturated rings. The van der Waals surface area contributed by atoms with E-state index in [1.807, 2.05) is 6.26 Å². The zero-order chi connectivity index (χ0) is 15.9. The summed E-state index contributed by atoms with van der Waals surface area (Å²) >= 11 is 1.57. The van der Waals surface area contributed by atoms with E-state index >= 15 is 0 Å². The third-order valence-corrected chi connectivity index (χ3v) is 3.27. The largest absolute Gasteiger partial charge is 0.573 e. The molecule has 4 nitrogen and oxygen atoms in total. The van der Waals surface area contributed by atoms with Crippen molar-refractivity contribution in [1.29, 1.82) is 0 Å². The van der Waals surface area contributed by atoms with Crippen molar-refractivity contribution in [3.05, 3.63) is 29.8 Å². The van der Waals surface area contributed by atoms with Gasteiger partial charge in [0.05, 0.1) is 6.04 Å². The van der Waals surface area contributed by atoms with Crippen molar-refractivity contribution in [2.45, 2.75) is 25.4 Å². The van der Waals surface area contributed by atoms with Crippen molar-refractivity contribution in [1.82, 2.24) is 5.32 Å². The highest BCUT2D eigenvalue weighted by Gasteiger charge is 2.32. The summed E-state index contributed by atoms with van der Waals surface area (Å²) in [4.78, 5) is 11.7. The van der Waals surface area contributed by atoms with Crippen LogP contribution in [0.5, 0.6) is 5.75 Å². The molecular formula is C13H18ClF3N2O2S.